The fraction of sp³-hybridized carbons (Fsp3) is 0.462. The van der Waals surface area contributed by atoms with Gasteiger partial charge in [-0.2, -0.15) is 4.98 Å². The number of rotatable bonds is 3. The molecule has 2 unspecified atom stereocenters. The molecule has 0 radical (unpaired) electrons. The Hall–Kier alpha value is -1.78. The fourth-order valence-corrected chi connectivity index (χ4v) is 5.20. The topological polar surface area (TPSA) is 127 Å². The lowest BCUT2D eigenvalue weighted by Gasteiger charge is -2.32. The Labute approximate surface area is 147 Å². The summed E-state index contributed by atoms with van der Waals surface area (Å²) in [6.45, 7) is 2.75. The lowest BCUT2D eigenvalue weighted by atomic mass is 10.2. The third kappa shape index (κ3) is 2.98. The van der Waals surface area contributed by atoms with Crippen molar-refractivity contribution >= 4 is 35.6 Å². The number of imidazole rings is 1. The van der Waals surface area contributed by atoms with Gasteiger partial charge in [0.1, 0.15) is 18.4 Å². The quantitative estimate of drug-likeness (QED) is 0.591. The number of hydrogen-bond acceptors (Lipinski definition) is 9. The summed E-state index contributed by atoms with van der Waals surface area (Å²) in [6, 6.07) is 0. The van der Waals surface area contributed by atoms with Crippen molar-refractivity contribution in [1.29, 1.82) is 0 Å². The fourth-order valence-electron chi connectivity index (χ4n) is 2.89. The summed E-state index contributed by atoms with van der Waals surface area (Å²) < 4.78 is 24.5. The first kappa shape index (κ1) is 16.7. The molecule has 134 valence electrons. The largest absolute Gasteiger partial charge is 0.430 e. The molecule has 0 bridgehead atoms. The zero-order valence-corrected chi connectivity index (χ0v) is 15.0. The van der Waals surface area contributed by atoms with E-state index in [0.717, 1.165) is 0 Å². The average Bonchev–Trinajstić information content (AvgIpc) is 3.08. The Kier molecular flexibility index (Phi) is 3.93. The molecule has 2 saturated heterocycles. The van der Waals surface area contributed by atoms with E-state index in [4.69, 9.17) is 35.8 Å². The molecule has 0 aliphatic carbocycles. The highest BCUT2D eigenvalue weighted by molar-refractivity contribution is 8.07. The third-order valence-electron chi connectivity index (χ3n) is 3.87. The molecule has 25 heavy (non-hydrogen) atoms. The molecule has 2 aliphatic rings. The van der Waals surface area contributed by atoms with Crippen LogP contribution < -0.4 is 11.3 Å². The number of nitrogens with one attached hydrogen (secondary N) is 1. The molecule has 3 N–H and O–H groups in total. The molecule has 4 atom stereocenters. The molecule has 0 saturated carbocycles. The Balaban J connectivity index is 1.60. The maximum Gasteiger partial charge on any atom is 0.380 e. The maximum atomic E-state index is 11.9. The predicted octanol–water partition coefficient (Wildman–Crippen LogP) is 1.18. The smallest absolute Gasteiger partial charge is 0.380 e. The van der Waals surface area contributed by atoms with Gasteiger partial charge in [-0.3, -0.25) is 23.4 Å². The number of nitrogens with two attached hydrogens (primary N) is 1. The van der Waals surface area contributed by atoms with Gasteiger partial charge in [0.05, 0.1) is 18.7 Å². The minimum Gasteiger partial charge on any atom is -0.430 e. The highest BCUT2D eigenvalue weighted by Gasteiger charge is 2.46. The van der Waals surface area contributed by atoms with E-state index in [1.165, 1.54) is 6.33 Å². The van der Waals surface area contributed by atoms with Gasteiger partial charge in [0, 0.05) is 18.2 Å². The van der Waals surface area contributed by atoms with E-state index < -0.39 is 18.5 Å². The molecule has 2 aromatic heterocycles. The molecule has 10 nitrogen and oxygen atoms in total. The van der Waals surface area contributed by atoms with Crippen LogP contribution in [0.15, 0.2) is 23.5 Å². The van der Waals surface area contributed by atoms with E-state index in [9.17, 15) is 4.79 Å². The molecule has 0 amide bonds. The second-order valence-electron chi connectivity index (χ2n) is 5.82. The van der Waals surface area contributed by atoms with E-state index in [1.54, 1.807) is 11.5 Å². The van der Waals surface area contributed by atoms with Crippen LogP contribution in [0.25, 0.3) is 11.2 Å². The number of nitrogen functional groups attached to an aromatic ring is 1. The number of nitrogens with zero attached hydrogens (tertiary/aromatic N) is 3. The van der Waals surface area contributed by atoms with Crippen molar-refractivity contribution in [3.8, 4) is 0 Å². The highest BCUT2D eigenvalue weighted by Crippen LogP contribution is 2.58. The molecule has 2 fully saturated rings. The zero-order valence-electron chi connectivity index (χ0n) is 13.2. The lowest BCUT2D eigenvalue weighted by molar-refractivity contribution is -0.0589. The highest BCUT2D eigenvalue weighted by atomic mass is 32.5. The van der Waals surface area contributed by atoms with Gasteiger partial charge in [0.15, 0.2) is 11.2 Å². The van der Waals surface area contributed by atoms with Crippen molar-refractivity contribution in [3.05, 3.63) is 29.0 Å². The van der Waals surface area contributed by atoms with Gasteiger partial charge in [0.25, 0.3) is 5.56 Å². The van der Waals surface area contributed by atoms with Crippen LogP contribution >= 0.6 is 6.72 Å². The van der Waals surface area contributed by atoms with E-state index in [-0.39, 0.29) is 30.3 Å². The monoisotopic (exact) mass is 385 g/mol. The standard InChI is InChI=1S/C13H16N5O5PS/c1-6(2)22-24(25)20-4-8-7(23-24)3-9(21-8)18-5-15-10-11(18)16-13(14)17-12(10)19/h5,7-9H,1,3-4H2,2H3,(H3,14,16,17,19)/t7?,8-,9-,24?/m1/s1. The Morgan fingerprint density at radius 2 is 2.40 bits per heavy atom. The number of hydrogen-bond donors (Lipinski definition) is 2. The number of anilines is 1. The molecule has 4 rings (SSSR count). The normalized spacial score (nSPS) is 31.8. The first-order valence-electron chi connectivity index (χ1n) is 7.50. The van der Waals surface area contributed by atoms with Crippen molar-refractivity contribution in [2.24, 2.45) is 0 Å². The summed E-state index contributed by atoms with van der Waals surface area (Å²) in [5, 5.41) is 0. The van der Waals surface area contributed by atoms with E-state index in [2.05, 4.69) is 21.5 Å². The summed E-state index contributed by atoms with van der Waals surface area (Å²) in [5.41, 5.74) is 5.77. The van der Waals surface area contributed by atoms with Crippen LogP contribution in [0.1, 0.15) is 19.6 Å². The Morgan fingerprint density at radius 3 is 3.16 bits per heavy atom. The lowest BCUT2D eigenvalue weighted by Crippen LogP contribution is -2.33. The van der Waals surface area contributed by atoms with Crippen LogP contribution in [-0.4, -0.2) is 38.3 Å². The number of ether oxygens (including phenoxy) is 1. The SMILES string of the molecule is C=C(C)OP1(=S)OC[C@H]2O[C@@H](n3cnc4c(=O)[nH]c(N)nc43)CC2O1. The molecular formula is C13H16N5O5PS. The zero-order chi connectivity index (χ0) is 17.8. The minimum atomic E-state index is -2.87. The number of fused-ring (bicyclic) bond motifs is 2. The molecule has 12 heteroatoms. The number of allylic oxidation sites excluding steroid dienone is 1. The van der Waals surface area contributed by atoms with Crippen LogP contribution in [0.4, 0.5) is 5.95 Å². The first-order chi connectivity index (χ1) is 11.8. The number of H-pyrrole nitrogens is 1. The van der Waals surface area contributed by atoms with Gasteiger partial charge in [-0.15, -0.1) is 0 Å². The maximum absolute atomic E-state index is 11.9. The Bertz CT molecular complexity index is 958. The van der Waals surface area contributed by atoms with Gasteiger partial charge in [-0.1, -0.05) is 6.58 Å². The van der Waals surface area contributed by atoms with Crippen LogP contribution in [0.3, 0.4) is 0 Å². The first-order valence-corrected chi connectivity index (χ1v) is 10.1. The average molecular weight is 385 g/mol. The summed E-state index contributed by atoms with van der Waals surface area (Å²) in [7, 11) is 0. The summed E-state index contributed by atoms with van der Waals surface area (Å²) in [4.78, 5) is 22.5. The van der Waals surface area contributed by atoms with Gasteiger partial charge >= 0.3 is 6.72 Å². The van der Waals surface area contributed by atoms with Gasteiger partial charge in [-0.05, 0) is 6.92 Å². The second kappa shape index (κ2) is 5.89. The molecule has 2 aromatic rings. The molecule has 4 heterocycles. The summed E-state index contributed by atoms with van der Waals surface area (Å²) in [6.07, 6.45) is 0.970. The van der Waals surface area contributed by atoms with E-state index in [1.807, 2.05) is 0 Å². The van der Waals surface area contributed by atoms with Crippen molar-refractivity contribution in [2.45, 2.75) is 31.8 Å². The van der Waals surface area contributed by atoms with Crippen LogP contribution in [0, 0.1) is 0 Å². The predicted molar refractivity (Wildman–Crippen MR) is 92.1 cm³/mol. The minimum absolute atomic E-state index is 0.0135. The van der Waals surface area contributed by atoms with Crippen molar-refractivity contribution in [1.82, 2.24) is 19.5 Å². The second-order valence-corrected chi connectivity index (χ2v) is 8.71. The summed E-state index contributed by atoms with van der Waals surface area (Å²) in [5.74, 6) is 0.455. The third-order valence-corrected chi connectivity index (χ3v) is 6.20. The van der Waals surface area contributed by atoms with E-state index in [0.29, 0.717) is 17.8 Å². The molecule has 2 aliphatic heterocycles. The number of aromatic amines is 1. The van der Waals surface area contributed by atoms with Gasteiger partial charge in [-0.25, -0.2) is 4.98 Å². The van der Waals surface area contributed by atoms with Crippen molar-refractivity contribution in [2.75, 3.05) is 12.3 Å². The van der Waals surface area contributed by atoms with Gasteiger partial charge < -0.3 is 15.0 Å². The van der Waals surface area contributed by atoms with Crippen molar-refractivity contribution < 1.29 is 18.3 Å². The molecule has 0 aromatic carbocycles. The van der Waals surface area contributed by atoms with E-state index >= 15 is 0 Å². The van der Waals surface area contributed by atoms with Crippen LogP contribution in [0.2, 0.25) is 0 Å². The summed E-state index contributed by atoms with van der Waals surface area (Å²) >= 11 is 5.34. The molecule has 0 spiro atoms. The number of aromatic nitrogens is 4. The van der Waals surface area contributed by atoms with Crippen LogP contribution in [-0.2, 0) is 30.1 Å². The van der Waals surface area contributed by atoms with Gasteiger partial charge in [0.2, 0.25) is 5.95 Å². The van der Waals surface area contributed by atoms with Crippen molar-refractivity contribution in [3.63, 3.8) is 0 Å². The van der Waals surface area contributed by atoms with Crippen LogP contribution in [0.5, 0.6) is 0 Å². The molecular weight excluding hydrogens is 369 g/mol. The Morgan fingerprint density at radius 1 is 1.60 bits per heavy atom.